The average Bonchev–Trinajstić information content (AvgIpc) is 3.26. The lowest BCUT2D eigenvalue weighted by atomic mass is 9.99. The molecule has 0 saturated carbocycles. The molecule has 1 amide bonds. The van der Waals surface area contributed by atoms with Gasteiger partial charge in [-0.05, 0) is 63.7 Å². The summed E-state index contributed by atoms with van der Waals surface area (Å²) in [6.45, 7) is 5.10. The van der Waals surface area contributed by atoms with Gasteiger partial charge < -0.3 is 19.9 Å². The number of halogens is 1. The number of rotatable bonds is 12. The monoisotopic (exact) mass is 561 g/mol. The van der Waals surface area contributed by atoms with Crippen LogP contribution in [0.3, 0.4) is 0 Å². The minimum atomic E-state index is -0.321. The third-order valence-corrected chi connectivity index (χ3v) is 6.45. The summed E-state index contributed by atoms with van der Waals surface area (Å²) < 4.78 is 17.8. The normalized spacial score (nSPS) is 11.9. The molecule has 0 unspecified atom stereocenters. The Balaban J connectivity index is 1.51. The fourth-order valence-corrected chi connectivity index (χ4v) is 4.26. The Kier molecular flexibility index (Phi) is 9.86. The molecule has 0 radical (unpaired) electrons. The van der Waals surface area contributed by atoms with E-state index in [9.17, 15) is 4.79 Å². The van der Waals surface area contributed by atoms with Crippen molar-refractivity contribution in [2.45, 2.75) is 32.6 Å². The summed E-state index contributed by atoms with van der Waals surface area (Å²) in [6.07, 6.45) is 2.66. The van der Waals surface area contributed by atoms with Crippen molar-refractivity contribution in [3.63, 3.8) is 0 Å². The lowest BCUT2D eigenvalue weighted by Gasteiger charge is -2.14. The topological polar surface area (TPSA) is 121 Å². The van der Waals surface area contributed by atoms with Gasteiger partial charge in [0.25, 0.3) is 0 Å². The number of aromatic nitrogens is 2. The van der Waals surface area contributed by atoms with Crippen LogP contribution in [0.1, 0.15) is 42.3 Å². The number of methoxy groups -OCH3 is 1. The molecule has 0 aliphatic carbocycles. The van der Waals surface area contributed by atoms with E-state index >= 15 is 0 Å². The van der Waals surface area contributed by atoms with Crippen molar-refractivity contribution in [3.8, 4) is 17.2 Å². The number of ether oxygens (including phenoxy) is 3. The molecule has 186 valence electrons. The SMILES string of the molecule is CC[C@H](C)c1ccc(OCCOc2c(Br)cc(/C=N\NC(=O)Cc3nnc(N)s3)cc2OC)cc1. The first kappa shape index (κ1) is 26.4. The fraction of sp³-hybridized carbons (Fsp3) is 0.333. The van der Waals surface area contributed by atoms with Gasteiger partial charge in [0, 0.05) is 0 Å². The van der Waals surface area contributed by atoms with Crippen molar-refractivity contribution < 1.29 is 19.0 Å². The first-order valence-electron chi connectivity index (χ1n) is 11.0. The highest BCUT2D eigenvalue weighted by atomic mass is 79.9. The van der Waals surface area contributed by atoms with Crippen molar-refractivity contribution in [2.75, 3.05) is 26.1 Å². The lowest BCUT2D eigenvalue weighted by molar-refractivity contribution is -0.120. The smallest absolute Gasteiger partial charge is 0.247 e. The second kappa shape index (κ2) is 13.1. The highest BCUT2D eigenvalue weighted by molar-refractivity contribution is 9.10. The molecule has 0 aliphatic rings. The van der Waals surface area contributed by atoms with Gasteiger partial charge in [-0.15, -0.1) is 10.2 Å². The highest BCUT2D eigenvalue weighted by Crippen LogP contribution is 2.36. The Hall–Kier alpha value is -3.18. The number of anilines is 1. The molecule has 1 atom stereocenters. The van der Waals surface area contributed by atoms with E-state index in [-0.39, 0.29) is 12.3 Å². The number of nitrogens with zero attached hydrogens (tertiary/aromatic N) is 3. The van der Waals surface area contributed by atoms with Gasteiger partial charge in [-0.2, -0.15) is 5.10 Å². The molecule has 0 saturated heterocycles. The van der Waals surface area contributed by atoms with Crippen LogP contribution >= 0.6 is 27.3 Å². The summed E-state index contributed by atoms with van der Waals surface area (Å²) in [7, 11) is 1.56. The van der Waals surface area contributed by atoms with Gasteiger partial charge in [0.15, 0.2) is 11.5 Å². The Morgan fingerprint density at radius 2 is 1.97 bits per heavy atom. The molecule has 9 nitrogen and oxygen atoms in total. The van der Waals surface area contributed by atoms with Crippen molar-refractivity contribution in [1.29, 1.82) is 0 Å². The van der Waals surface area contributed by atoms with E-state index in [0.29, 0.717) is 50.8 Å². The van der Waals surface area contributed by atoms with Crippen LogP contribution in [-0.2, 0) is 11.2 Å². The number of nitrogen functional groups attached to an aromatic ring is 1. The van der Waals surface area contributed by atoms with E-state index in [0.717, 1.165) is 23.5 Å². The summed E-state index contributed by atoms with van der Waals surface area (Å²) >= 11 is 4.67. The first-order valence-corrected chi connectivity index (χ1v) is 12.6. The van der Waals surface area contributed by atoms with Gasteiger partial charge in [0.1, 0.15) is 24.0 Å². The second-order valence-electron chi connectivity index (χ2n) is 7.61. The maximum atomic E-state index is 12.0. The molecule has 0 fully saturated rings. The summed E-state index contributed by atoms with van der Waals surface area (Å²) in [5, 5.41) is 12.3. The molecule has 11 heteroatoms. The molecule has 35 heavy (non-hydrogen) atoms. The molecular formula is C24H28BrN5O4S. The third kappa shape index (κ3) is 7.93. The van der Waals surface area contributed by atoms with Gasteiger partial charge in [-0.25, -0.2) is 5.43 Å². The highest BCUT2D eigenvalue weighted by Gasteiger charge is 2.12. The van der Waals surface area contributed by atoms with Crippen molar-refractivity contribution in [3.05, 3.63) is 57.0 Å². The Morgan fingerprint density at radius 1 is 1.23 bits per heavy atom. The number of carbonyl (C=O) groups excluding carboxylic acids is 1. The van der Waals surface area contributed by atoms with Crippen LogP contribution in [0, 0.1) is 0 Å². The van der Waals surface area contributed by atoms with Crippen LogP contribution in [0.25, 0.3) is 0 Å². The van der Waals surface area contributed by atoms with Crippen LogP contribution in [0.15, 0.2) is 46.0 Å². The zero-order chi connectivity index (χ0) is 25.2. The predicted molar refractivity (Wildman–Crippen MR) is 141 cm³/mol. The molecule has 3 aromatic rings. The zero-order valence-corrected chi connectivity index (χ0v) is 22.2. The third-order valence-electron chi connectivity index (χ3n) is 5.11. The number of hydrogen-bond donors (Lipinski definition) is 2. The second-order valence-corrected chi connectivity index (χ2v) is 9.56. The molecule has 3 N–H and O–H groups in total. The first-order chi connectivity index (χ1) is 16.9. The average molecular weight is 562 g/mol. The summed E-state index contributed by atoms with van der Waals surface area (Å²) in [6, 6.07) is 11.7. The molecule has 2 aromatic carbocycles. The maximum absolute atomic E-state index is 12.0. The van der Waals surface area contributed by atoms with Gasteiger partial charge in [-0.3, -0.25) is 4.79 Å². The van der Waals surface area contributed by atoms with E-state index in [1.165, 1.54) is 11.8 Å². The molecule has 1 heterocycles. The number of nitrogens with two attached hydrogens (primary N) is 1. The van der Waals surface area contributed by atoms with E-state index < -0.39 is 0 Å². The van der Waals surface area contributed by atoms with Crippen molar-refractivity contribution in [2.24, 2.45) is 5.10 Å². The van der Waals surface area contributed by atoms with Gasteiger partial charge >= 0.3 is 0 Å². The van der Waals surface area contributed by atoms with E-state index in [4.69, 9.17) is 19.9 Å². The molecular weight excluding hydrogens is 534 g/mol. The summed E-state index contributed by atoms with van der Waals surface area (Å²) in [4.78, 5) is 12.0. The quantitative estimate of drug-likeness (QED) is 0.189. The van der Waals surface area contributed by atoms with Crippen molar-refractivity contribution in [1.82, 2.24) is 15.6 Å². The minimum absolute atomic E-state index is 0.0517. The van der Waals surface area contributed by atoms with E-state index in [2.05, 4.69) is 62.6 Å². The van der Waals surface area contributed by atoms with Crippen LogP contribution in [-0.4, -0.2) is 42.6 Å². The molecule has 0 spiro atoms. The van der Waals surface area contributed by atoms with Crippen LogP contribution < -0.4 is 25.4 Å². The lowest BCUT2D eigenvalue weighted by Crippen LogP contribution is -2.19. The van der Waals surface area contributed by atoms with Crippen LogP contribution in [0.2, 0.25) is 0 Å². The Labute approximate surface area is 216 Å². The predicted octanol–water partition coefficient (Wildman–Crippen LogP) is 4.56. The molecule has 0 bridgehead atoms. The van der Waals surface area contributed by atoms with Gasteiger partial charge in [0.05, 0.1) is 24.2 Å². The molecule has 1 aromatic heterocycles. The van der Waals surface area contributed by atoms with Gasteiger partial charge in [0.2, 0.25) is 11.0 Å². The largest absolute Gasteiger partial charge is 0.493 e. The fourth-order valence-electron chi connectivity index (χ4n) is 3.08. The molecule has 0 aliphatic heterocycles. The number of hydrazone groups is 1. The van der Waals surface area contributed by atoms with Crippen LogP contribution in [0.5, 0.6) is 17.2 Å². The van der Waals surface area contributed by atoms with Crippen molar-refractivity contribution >= 4 is 44.5 Å². The molecule has 3 rings (SSSR count). The maximum Gasteiger partial charge on any atom is 0.247 e. The standard InChI is InChI=1S/C24H28BrN5O4S/c1-4-15(2)17-5-7-18(8-6-17)33-9-10-34-23-19(25)11-16(12-20(23)32-3)14-27-28-21(31)13-22-29-30-24(26)35-22/h5-8,11-12,14-15H,4,9-10,13H2,1-3H3,(H2,26,30)(H,28,31)/b27-14-/t15-/m0/s1. The van der Waals surface area contributed by atoms with E-state index in [1.54, 1.807) is 13.2 Å². The number of hydrogen-bond acceptors (Lipinski definition) is 9. The van der Waals surface area contributed by atoms with Gasteiger partial charge in [-0.1, -0.05) is 37.3 Å². The number of nitrogens with one attached hydrogen (secondary N) is 1. The Bertz CT molecular complexity index is 1150. The van der Waals surface area contributed by atoms with E-state index in [1.807, 2.05) is 18.2 Å². The number of amides is 1. The Morgan fingerprint density at radius 3 is 2.63 bits per heavy atom. The van der Waals surface area contributed by atoms with Crippen LogP contribution in [0.4, 0.5) is 5.13 Å². The summed E-state index contributed by atoms with van der Waals surface area (Å²) in [5.74, 6) is 2.09. The zero-order valence-electron chi connectivity index (χ0n) is 19.8. The number of benzene rings is 2. The number of carbonyl (C=O) groups is 1. The minimum Gasteiger partial charge on any atom is -0.493 e. The summed E-state index contributed by atoms with van der Waals surface area (Å²) in [5.41, 5.74) is 9.98.